The first-order valence-electron chi connectivity index (χ1n) is 8.12. The molecule has 1 aromatic rings. The van der Waals surface area contributed by atoms with Crippen LogP contribution in [0.15, 0.2) is 28.7 Å². The lowest BCUT2D eigenvalue weighted by molar-refractivity contribution is -0.0742. The zero-order valence-corrected chi connectivity index (χ0v) is 15.1. The van der Waals surface area contributed by atoms with Crippen molar-refractivity contribution >= 4 is 15.9 Å². The molecule has 0 spiro atoms. The van der Waals surface area contributed by atoms with E-state index in [0.29, 0.717) is 6.04 Å². The minimum Gasteiger partial charge on any atom is -0.377 e. The highest BCUT2D eigenvalue weighted by atomic mass is 79.9. The number of halogens is 1. The smallest absolute Gasteiger partial charge is 0.0834 e. The maximum absolute atomic E-state index is 6.07. The molecular formula is C18H28BrNO. The van der Waals surface area contributed by atoms with Crippen molar-refractivity contribution < 1.29 is 4.74 Å². The molecule has 1 saturated carbocycles. The van der Waals surface area contributed by atoms with Crippen LogP contribution in [-0.4, -0.2) is 25.3 Å². The van der Waals surface area contributed by atoms with Crippen molar-refractivity contribution in [2.24, 2.45) is 5.92 Å². The number of rotatable bonds is 6. The molecule has 1 aliphatic rings. The normalized spacial score (nSPS) is 27.5. The van der Waals surface area contributed by atoms with Crippen molar-refractivity contribution in [1.82, 2.24) is 5.32 Å². The SMILES string of the molecule is CCNC(Cc1ccc(Br)cc1)C1(OC)CCC(C)CC1. The van der Waals surface area contributed by atoms with E-state index in [0.717, 1.165) is 23.4 Å². The summed E-state index contributed by atoms with van der Waals surface area (Å²) in [6, 6.07) is 9.06. The Morgan fingerprint density at radius 2 is 1.90 bits per heavy atom. The largest absolute Gasteiger partial charge is 0.377 e. The first-order valence-corrected chi connectivity index (χ1v) is 8.92. The summed E-state index contributed by atoms with van der Waals surface area (Å²) in [5, 5.41) is 3.69. The summed E-state index contributed by atoms with van der Waals surface area (Å²) < 4.78 is 7.20. The lowest BCUT2D eigenvalue weighted by atomic mass is 9.73. The molecule has 0 aromatic heterocycles. The monoisotopic (exact) mass is 353 g/mol. The molecule has 1 atom stereocenters. The predicted octanol–water partition coefficient (Wildman–Crippen LogP) is 4.57. The summed E-state index contributed by atoms with van der Waals surface area (Å²) in [6.07, 6.45) is 5.91. The zero-order valence-electron chi connectivity index (χ0n) is 13.5. The molecule has 21 heavy (non-hydrogen) atoms. The van der Waals surface area contributed by atoms with Crippen molar-refractivity contribution in [2.75, 3.05) is 13.7 Å². The second-order valence-corrected chi connectivity index (χ2v) is 7.31. The Balaban J connectivity index is 2.14. The molecular weight excluding hydrogens is 326 g/mol. The van der Waals surface area contributed by atoms with Gasteiger partial charge in [0.05, 0.1) is 5.60 Å². The van der Waals surface area contributed by atoms with Crippen LogP contribution in [0.1, 0.15) is 45.1 Å². The lowest BCUT2D eigenvalue weighted by Crippen LogP contribution is -2.55. The molecule has 118 valence electrons. The Hall–Kier alpha value is -0.380. The molecule has 0 radical (unpaired) electrons. The van der Waals surface area contributed by atoms with Gasteiger partial charge in [-0.05, 0) is 62.3 Å². The molecule has 0 amide bonds. The van der Waals surface area contributed by atoms with Gasteiger partial charge in [-0.25, -0.2) is 0 Å². The van der Waals surface area contributed by atoms with E-state index < -0.39 is 0 Å². The van der Waals surface area contributed by atoms with E-state index in [1.807, 2.05) is 7.11 Å². The molecule has 1 aliphatic carbocycles. The van der Waals surface area contributed by atoms with Gasteiger partial charge in [-0.2, -0.15) is 0 Å². The maximum atomic E-state index is 6.07. The highest BCUT2D eigenvalue weighted by molar-refractivity contribution is 9.10. The number of hydrogen-bond donors (Lipinski definition) is 1. The van der Waals surface area contributed by atoms with Gasteiger partial charge in [-0.3, -0.25) is 0 Å². The third-order valence-corrected chi connectivity index (χ3v) is 5.49. The molecule has 0 aliphatic heterocycles. The Bertz CT molecular complexity index is 423. The molecule has 0 saturated heterocycles. The molecule has 3 heteroatoms. The molecule has 2 rings (SSSR count). The number of ether oxygens (including phenoxy) is 1. The van der Waals surface area contributed by atoms with Crippen molar-refractivity contribution in [3.8, 4) is 0 Å². The van der Waals surface area contributed by atoms with Crippen LogP contribution in [0.2, 0.25) is 0 Å². The second kappa shape index (κ2) is 7.75. The highest BCUT2D eigenvalue weighted by Gasteiger charge is 2.41. The summed E-state index contributed by atoms with van der Waals surface area (Å²) in [4.78, 5) is 0. The number of methoxy groups -OCH3 is 1. The molecule has 1 aromatic carbocycles. The topological polar surface area (TPSA) is 21.3 Å². The van der Waals surface area contributed by atoms with Crippen LogP contribution in [0, 0.1) is 5.92 Å². The minimum atomic E-state index is -0.00437. The highest BCUT2D eigenvalue weighted by Crippen LogP contribution is 2.37. The fraction of sp³-hybridized carbons (Fsp3) is 0.667. The number of nitrogens with one attached hydrogen (secondary N) is 1. The van der Waals surface area contributed by atoms with Crippen molar-refractivity contribution in [3.05, 3.63) is 34.3 Å². The van der Waals surface area contributed by atoms with Gasteiger partial charge in [-0.1, -0.05) is 41.9 Å². The van der Waals surface area contributed by atoms with E-state index in [-0.39, 0.29) is 5.60 Å². The summed E-state index contributed by atoms with van der Waals surface area (Å²) in [5.41, 5.74) is 1.37. The fourth-order valence-electron chi connectivity index (χ4n) is 3.49. The van der Waals surface area contributed by atoms with Gasteiger partial charge in [0.15, 0.2) is 0 Å². The van der Waals surface area contributed by atoms with Crippen molar-refractivity contribution in [3.63, 3.8) is 0 Å². The van der Waals surface area contributed by atoms with Crippen LogP contribution in [-0.2, 0) is 11.2 Å². The quantitative estimate of drug-likeness (QED) is 0.808. The molecule has 1 N–H and O–H groups in total. The van der Waals surface area contributed by atoms with E-state index >= 15 is 0 Å². The van der Waals surface area contributed by atoms with Gasteiger partial charge < -0.3 is 10.1 Å². The molecule has 0 heterocycles. The Kier molecular flexibility index (Phi) is 6.27. The first kappa shape index (κ1) is 17.0. The van der Waals surface area contributed by atoms with Gasteiger partial charge in [0.1, 0.15) is 0 Å². The summed E-state index contributed by atoms with van der Waals surface area (Å²) >= 11 is 3.51. The second-order valence-electron chi connectivity index (χ2n) is 6.39. The minimum absolute atomic E-state index is 0.00437. The third-order valence-electron chi connectivity index (χ3n) is 4.97. The van der Waals surface area contributed by atoms with Crippen LogP contribution in [0.5, 0.6) is 0 Å². The Morgan fingerprint density at radius 3 is 2.43 bits per heavy atom. The van der Waals surface area contributed by atoms with Crippen LogP contribution in [0.4, 0.5) is 0 Å². The van der Waals surface area contributed by atoms with Gasteiger partial charge in [0, 0.05) is 17.6 Å². The van der Waals surface area contributed by atoms with Crippen molar-refractivity contribution in [1.29, 1.82) is 0 Å². The Labute approximate surface area is 137 Å². The van der Waals surface area contributed by atoms with E-state index in [2.05, 4.69) is 59.4 Å². The van der Waals surface area contributed by atoms with E-state index in [1.165, 1.54) is 31.2 Å². The lowest BCUT2D eigenvalue weighted by Gasteiger charge is -2.44. The van der Waals surface area contributed by atoms with Gasteiger partial charge in [0.25, 0.3) is 0 Å². The van der Waals surface area contributed by atoms with Crippen LogP contribution < -0.4 is 5.32 Å². The van der Waals surface area contributed by atoms with Gasteiger partial charge in [-0.15, -0.1) is 0 Å². The first-order chi connectivity index (χ1) is 10.1. The van der Waals surface area contributed by atoms with Crippen molar-refractivity contribution in [2.45, 2.75) is 57.6 Å². The van der Waals surface area contributed by atoms with Crippen LogP contribution in [0.25, 0.3) is 0 Å². The van der Waals surface area contributed by atoms with Crippen LogP contribution in [0.3, 0.4) is 0 Å². The number of benzene rings is 1. The fourth-order valence-corrected chi connectivity index (χ4v) is 3.76. The number of hydrogen-bond acceptors (Lipinski definition) is 2. The maximum Gasteiger partial charge on any atom is 0.0834 e. The molecule has 1 fully saturated rings. The van der Waals surface area contributed by atoms with Gasteiger partial charge >= 0.3 is 0 Å². The van der Waals surface area contributed by atoms with Crippen LogP contribution >= 0.6 is 15.9 Å². The Morgan fingerprint density at radius 1 is 1.29 bits per heavy atom. The third kappa shape index (κ3) is 4.30. The number of likely N-dealkylation sites (N-methyl/N-ethyl adjacent to an activating group) is 1. The molecule has 2 nitrogen and oxygen atoms in total. The van der Waals surface area contributed by atoms with Gasteiger partial charge in [0.2, 0.25) is 0 Å². The average molecular weight is 354 g/mol. The van der Waals surface area contributed by atoms with E-state index in [9.17, 15) is 0 Å². The standard InChI is InChI=1S/C18H28BrNO/c1-4-20-17(13-15-5-7-16(19)8-6-15)18(21-3)11-9-14(2)10-12-18/h5-8,14,17,20H,4,9-13H2,1-3H3. The molecule has 0 bridgehead atoms. The summed E-state index contributed by atoms with van der Waals surface area (Å²) in [5.74, 6) is 0.836. The summed E-state index contributed by atoms with van der Waals surface area (Å²) in [7, 11) is 1.89. The van der Waals surface area contributed by atoms with E-state index in [1.54, 1.807) is 0 Å². The molecule has 1 unspecified atom stereocenters. The van der Waals surface area contributed by atoms with E-state index in [4.69, 9.17) is 4.74 Å². The predicted molar refractivity (Wildman–Crippen MR) is 92.7 cm³/mol. The zero-order chi connectivity index (χ0) is 15.3. The average Bonchev–Trinajstić information content (AvgIpc) is 2.50. The summed E-state index contributed by atoms with van der Waals surface area (Å²) in [6.45, 7) is 5.53.